The molecule has 7 heteroatoms. The zero-order valence-electron chi connectivity index (χ0n) is 14.0. The summed E-state index contributed by atoms with van der Waals surface area (Å²) in [5.41, 5.74) is 0.559. The molecule has 0 unspecified atom stereocenters. The Morgan fingerprint density at radius 3 is 2.55 bits per heavy atom. The fraction of sp³-hybridized carbons (Fsp3) is 0.667. The Bertz CT molecular complexity index is 492. The quantitative estimate of drug-likeness (QED) is 0.415. The molecule has 1 aliphatic heterocycles. The van der Waals surface area contributed by atoms with Crippen LogP contribution >= 0.6 is 0 Å². The Balaban J connectivity index is 2.95. The van der Waals surface area contributed by atoms with Crippen LogP contribution < -0.4 is 10.6 Å². The first kappa shape index (κ1) is 18.0. The fourth-order valence-corrected chi connectivity index (χ4v) is 2.11. The summed E-state index contributed by atoms with van der Waals surface area (Å²) in [6, 6.07) is -0.183. The summed E-state index contributed by atoms with van der Waals surface area (Å²) in [5, 5.41) is 13.8. The number of carbonyl (C=O) groups is 2. The average Bonchev–Trinajstić information content (AvgIpc) is 2.37. The van der Waals surface area contributed by atoms with E-state index in [9.17, 15) is 9.59 Å². The topological polar surface area (TPSA) is 94.5 Å². The molecule has 1 saturated heterocycles. The van der Waals surface area contributed by atoms with Gasteiger partial charge in [0, 0.05) is 30.0 Å². The number of nitrogens with one attached hydrogen (secondary N) is 3. The molecule has 0 radical (unpaired) electrons. The molecule has 0 aliphatic carbocycles. The second kappa shape index (κ2) is 7.29. The lowest BCUT2D eigenvalue weighted by atomic mass is 10.1. The Kier molecular flexibility index (Phi) is 5.96. The second-order valence-corrected chi connectivity index (χ2v) is 6.23. The zero-order valence-corrected chi connectivity index (χ0v) is 14.0. The lowest BCUT2D eigenvalue weighted by Crippen LogP contribution is -2.54. The van der Waals surface area contributed by atoms with Crippen molar-refractivity contribution in [3.05, 3.63) is 11.3 Å². The molecule has 124 valence electrons. The molecule has 1 aliphatic rings. The fourth-order valence-electron chi connectivity index (χ4n) is 2.11. The molecule has 0 bridgehead atoms. The Labute approximate surface area is 131 Å². The van der Waals surface area contributed by atoms with Crippen molar-refractivity contribution in [3.8, 4) is 0 Å². The lowest BCUT2D eigenvalue weighted by molar-refractivity contribution is -0.138. The van der Waals surface area contributed by atoms with Gasteiger partial charge in [-0.2, -0.15) is 0 Å². The highest BCUT2D eigenvalue weighted by molar-refractivity contribution is 6.18. The Morgan fingerprint density at radius 2 is 2.05 bits per heavy atom. The van der Waals surface area contributed by atoms with E-state index in [0.717, 1.165) is 0 Å². The molecule has 1 fully saturated rings. The van der Waals surface area contributed by atoms with Crippen LogP contribution in [0.3, 0.4) is 0 Å². The van der Waals surface area contributed by atoms with Crippen LogP contribution in [0.4, 0.5) is 4.79 Å². The molecule has 0 aromatic rings. The van der Waals surface area contributed by atoms with Crippen LogP contribution in [0.2, 0.25) is 0 Å². The lowest BCUT2D eigenvalue weighted by Gasteiger charge is -2.33. The van der Waals surface area contributed by atoms with Gasteiger partial charge >= 0.3 is 12.0 Å². The highest BCUT2D eigenvalue weighted by atomic mass is 16.5. The summed E-state index contributed by atoms with van der Waals surface area (Å²) in [5.74, 6) is -0.532. The van der Waals surface area contributed by atoms with Gasteiger partial charge in [-0.25, -0.2) is 9.59 Å². The first-order valence-corrected chi connectivity index (χ1v) is 7.42. The van der Waals surface area contributed by atoms with Crippen molar-refractivity contribution >= 4 is 17.7 Å². The summed E-state index contributed by atoms with van der Waals surface area (Å²) in [7, 11) is 0. The van der Waals surface area contributed by atoms with Gasteiger partial charge in [-0.3, -0.25) is 0 Å². The first-order chi connectivity index (χ1) is 10.2. The number of esters is 1. The van der Waals surface area contributed by atoms with E-state index in [1.54, 1.807) is 11.8 Å². The van der Waals surface area contributed by atoms with E-state index in [1.807, 2.05) is 20.8 Å². The first-order valence-electron chi connectivity index (χ1n) is 7.42. The van der Waals surface area contributed by atoms with Gasteiger partial charge < -0.3 is 25.7 Å². The van der Waals surface area contributed by atoms with Crippen LogP contribution in [0.25, 0.3) is 0 Å². The van der Waals surface area contributed by atoms with Gasteiger partial charge in [-0.15, -0.1) is 0 Å². The maximum absolute atomic E-state index is 12.2. The minimum absolute atomic E-state index is 0.124. The number of nitrogens with zero attached hydrogens (tertiary/aromatic N) is 1. The Hall–Kier alpha value is -2.05. The molecule has 3 N–H and O–H groups in total. The molecule has 0 aromatic carbocycles. The third-order valence-corrected chi connectivity index (χ3v) is 2.99. The van der Waals surface area contributed by atoms with E-state index in [0.29, 0.717) is 18.8 Å². The SMILES string of the molecule is CCOC(=O)/C(C(C)=N)=C1\CN(C(=O)NC(C)(C)C)CCN1. The maximum Gasteiger partial charge on any atom is 0.341 e. The monoisotopic (exact) mass is 310 g/mol. The van der Waals surface area contributed by atoms with Crippen molar-refractivity contribution in [2.75, 3.05) is 26.2 Å². The van der Waals surface area contributed by atoms with E-state index < -0.39 is 5.97 Å². The van der Waals surface area contributed by atoms with Crippen LogP contribution in [0.5, 0.6) is 0 Å². The number of amides is 2. The van der Waals surface area contributed by atoms with E-state index in [2.05, 4.69) is 10.6 Å². The summed E-state index contributed by atoms with van der Waals surface area (Å²) >= 11 is 0. The summed E-state index contributed by atoms with van der Waals surface area (Å²) in [4.78, 5) is 25.9. The van der Waals surface area contributed by atoms with Gasteiger partial charge in [-0.05, 0) is 34.6 Å². The van der Waals surface area contributed by atoms with Gasteiger partial charge in [0.15, 0.2) is 0 Å². The number of hydrogen-bond acceptors (Lipinski definition) is 5. The van der Waals surface area contributed by atoms with Crippen LogP contribution in [-0.4, -0.2) is 54.4 Å². The maximum atomic E-state index is 12.2. The van der Waals surface area contributed by atoms with Gasteiger partial charge in [-0.1, -0.05) is 0 Å². The molecule has 2 amide bonds. The largest absolute Gasteiger partial charge is 0.462 e. The highest BCUT2D eigenvalue weighted by Gasteiger charge is 2.27. The van der Waals surface area contributed by atoms with E-state index >= 15 is 0 Å². The van der Waals surface area contributed by atoms with Crippen LogP contribution in [0.1, 0.15) is 34.6 Å². The predicted octanol–water partition coefficient (Wildman–Crippen LogP) is 1.26. The van der Waals surface area contributed by atoms with Crippen molar-refractivity contribution in [2.45, 2.75) is 40.2 Å². The number of rotatable bonds is 3. The normalized spacial score (nSPS) is 17.4. The molecule has 1 heterocycles. The summed E-state index contributed by atoms with van der Waals surface area (Å²) in [6.07, 6.45) is 0. The molecular formula is C15H26N4O3. The molecule has 1 rings (SSSR count). The summed E-state index contributed by atoms with van der Waals surface area (Å²) < 4.78 is 5.00. The smallest absolute Gasteiger partial charge is 0.341 e. The highest BCUT2D eigenvalue weighted by Crippen LogP contribution is 2.13. The Morgan fingerprint density at radius 1 is 1.41 bits per heavy atom. The second-order valence-electron chi connectivity index (χ2n) is 6.23. The average molecular weight is 310 g/mol. The molecule has 0 spiro atoms. The number of urea groups is 1. The molecule has 22 heavy (non-hydrogen) atoms. The van der Waals surface area contributed by atoms with E-state index in [4.69, 9.17) is 10.1 Å². The minimum atomic E-state index is -0.532. The van der Waals surface area contributed by atoms with Crippen molar-refractivity contribution in [3.63, 3.8) is 0 Å². The van der Waals surface area contributed by atoms with Crippen molar-refractivity contribution in [1.29, 1.82) is 5.41 Å². The number of carbonyl (C=O) groups excluding carboxylic acids is 2. The van der Waals surface area contributed by atoms with Crippen LogP contribution in [-0.2, 0) is 9.53 Å². The molecule has 0 atom stereocenters. The number of hydrogen-bond donors (Lipinski definition) is 3. The van der Waals surface area contributed by atoms with E-state index in [1.165, 1.54) is 6.92 Å². The zero-order chi connectivity index (χ0) is 16.9. The van der Waals surface area contributed by atoms with Gasteiger partial charge in [0.1, 0.15) is 5.57 Å². The van der Waals surface area contributed by atoms with E-state index in [-0.39, 0.29) is 36.0 Å². The molecule has 0 aromatic heterocycles. The van der Waals surface area contributed by atoms with Gasteiger partial charge in [0.2, 0.25) is 0 Å². The molecule has 7 nitrogen and oxygen atoms in total. The third-order valence-electron chi connectivity index (χ3n) is 2.99. The van der Waals surface area contributed by atoms with Gasteiger partial charge in [0.25, 0.3) is 0 Å². The van der Waals surface area contributed by atoms with Crippen LogP contribution in [0, 0.1) is 5.41 Å². The summed E-state index contributed by atoms with van der Waals surface area (Å²) in [6.45, 7) is 10.6. The van der Waals surface area contributed by atoms with Gasteiger partial charge in [0.05, 0.1) is 13.2 Å². The standard InChI is InChI=1S/C15H26N4O3/c1-6-22-13(20)12(10(2)16)11-9-19(8-7-17-11)14(21)18-15(3,4)5/h16-17H,6-9H2,1-5H3,(H,18,21)/b12-11+,16-10?. The molecular weight excluding hydrogens is 284 g/mol. The predicted molar refractivity (Wildman–Crippen MR) is 84.9 cm³/mol. The van der Waals surface area contributed by atoms with Crippen LogP contribution in [0.15, 0.2) is 11.3 Å². The third kappa shape index (κ3) is 5.05. The minimum Gasteiger partial charge on any atom is -0.462 e. The molecule has 0 saturated carbocycles. The van der Waals surface area contributed by atoms with Crippen molar-refractivity contribution in [2.24, 2.45) is 0 Å². The van der Waals surface area contributed by atoms with Crippen molar-refractivity contribution in [1.82, 2.24) is 15.5 Å². The number of ether oxygens (including phenoxy) is 1. The van der Waals surface area contributed by atoms with Crippen molar-refractivity contribution < 1.29 is 14.3 Å². The number of piperazine rings is 1.